The second kappa shape index (κ2) is 6.43. The van der Waals surface area contributed by atoms with Gasteiger partial charge in [0.1, 0.15) is 5.82 Å². The third-order valence-corrected chi connectivity index (χ3v) is 3.20. The Labute approximate surface area is 116 Å². The molecule has 1 heterocycles. The first-order chi connectivity index (χ1) is 8.95. The van der Waals surface area contributed by atoms with Gasteiger partial charge in [-0.15, -0.1) is 11.6 Å². The molecule has 1 atom stereocenters. The predicted octanol–water partition coefficient (Wildman–Crippen LogP) is 0.752. The standard InChI is InChI=1S/C12H17ClN4O2/c1-8(7-14)9-10(15-6-4-5-13)16(2)12(19)17(3)11(9)18/h8,15H,4-6H2,1-3H3. The summed E-state index contributed by atoms with van der Waals surface area (Å²) in [4.78, 5) is 24.0. The minimum absolute atomic E-state index is 0.307. The summed E-state index contributed by atoms with van der Waals surface area (Å²) in [5.41, 5.74) is -0.556. The molecule has 0 spiro atoms. The summed E-state index contributed by atoms with van der Waals surface area (Å²) in [7, 11) is 2.97. The van der Waals surface area contributed by atoms with E-state index < -0.39 is 17.2 Å². The van der Waals surface area contributed by atoms with E-state index in [9.17, 15) is 9.59 Å². The SMILES string of the molecule is CC(C#N)c1c(NCCCCl)n(C)c(=O)n(C)c1=O. The Balaban J connectivity index is 3.45. The highest BCUT2D eigenvalue weighted by molar-refractivity contribution is 6.17. The molecule has 1 N–H and O–H groups in total. The van der Waals surface area contributed by atoms with Gasteiger partial charge in [-0.3, -0.25) is 13.9 Å². The van der Waals surface area contributed by atoms with Crippen LogP contribution in [-0.4, -0.2) is 21.6 Å². The number of rotatable bonds is 5. The molecule has 1 aromatic rings. The fourth-order valence-electron chi connectivity index (χ4n) is 1.81. The molecule has 0 bridgehead atoms. The second-order valence-electron chi connectivity index (χ2n) is 4.29. The molecule has 0 radical (unpaired) electrons. The monoisotopic (exact) mass is 284 g/mol. The van der Waals surface area contributed by atoms with Gasteiger partial charge in [-0.1, -0.05) is 0 Å². The van der Waals surface area contributed by atoms with Gasteiger partial charge in [-0.2, -0.15) is 5.26 Å². The Bertz CT molecular complexity index is 612. The van der Waals surface area contributed by atoms with Gasteiger partial charge in [-0.05, 0) is 13.3 Å². The molecule has 6 nitrogen and oxygen atoms in total. The fourth-order valence-corrected chi connectivity index (χ4v) is 1.95. The number of aromatic nitrogens is 2. The highest BCUT2D eigenvalue weighted by Gasteiger charge is 2.20. The van der Waals surface area contributed by atoms with Crippen LogP contribution in [0.1, 0.15) is 24.8 Å². The first kappa shape index (κ1) is 15.3. The number of nitrogens with one attached hydrogen (secondary N) is 1. The van der Waals surface area contributed by atoms with E-state index in [1.165, 1.54) is 11.6 Å². The molecule has 0 aliphatic heterocycles. The summed E-state index contributed by atoms with van der Waals surface area (Å²) < 4.78 is 2.36. The number of hydrogen-bond donors (Lipinski definition) is 1. The predicted molar refractivity (Wildman–Crippen MR) is 74.8 cm³/mol. The molecule has 0 amide bonds. The van der Waals surface area contributed by atoms with Crippen molar-refractivity contribution in [1.82, 2.24) is 9.13 Å². The molecule has 0 aromatic carbocycles. The van der Waals surface area contributed by atoms with Gasteiger partial charge in [0.05, 0.1) is 17.6 Å². The maximum atomic E-state index is 12.1. The van der Waals surface area contributed by atoms with Gasteiger partial charge in [0.2, 0.25) is 0 Å². The molecular weight excluding hydrogens is 268 g/mol. The molecule has 104 valence electrons. The van der Waals surface area contributed by atoms with Crippen LogP contribution in [0.3, 0.4) is 0 Å². The molecule has 19 heavy (non-hydrogen) atoms. The minimum Gasteiger partial charge on any atom is -0.371 e. The van der Waals surface area contributed by atoms with Gasteiger partial charge in [-0.25, -0.2) is 4.79 Å². The summed E-state index contributed by atoms with van der Waals surface area (Å²) in [6, 6.07) is 2.03. The summed E-state index contributed by atoms with van der Waals surface area (Å²) in [5, 5.41) is 12.0. The molecule has 0 fully saturated rings. The van der Waals surface area contributed by atoms with E-state index in [0.29, 0.717) is 30.2 Å². The van der Waals surface area contributed by atoms with Crippen LogP contribution < -0.4 is 16.6 Å². The van der Waals surface area contributed by atoms with Crippen molar-refractivity contribution in [3.05, 3.63) is 26.4 Å². The smallest absolute Gasteiger partial charge is 0.332 e. The summed E-state index contributed by atoms with van der Waals surface area (Å²) in [6.45, 7) is 2.17. The van der Waals surface area contributed by atoms with Gasteiger partial charge in [0, 0.05) is 26.5 Å². The molecule has 1 aromatic heterocycles. The molecule has 1 unspecified atom stereocenters. The van der Waals surface area contributed by atoms with Crippen LogP contribution in [0.4, 0.5) is 5.82 Å². The third-order valence-electron chi connectivity index (χ3n) is 2.93. The molecular formula is C12H17ClN4O2. The van der Waals surface area contributed by atoms with Crippen molar-refractivity contribution in [2.75, 3.05) is 17.7 Å². The topological polar surface area (TPSA) is 79.8 Å². The van der Waals surface area contributed by atoms with Crippen molar-refractivity contribution in [2.24, 2.45) is 14.1 Å². The lowest BCUT2D eigenvalue weighted by atomic mass is 10.0. The van der Waals surface area contributed by atoms with E-state index in [-0.39, 0.29) is 0 Å². The molecule has 0 aliphatic carbocycles. The van der Waals surface area contributed by atoms with E-state index in [4.69, 9.17) is 16.9 Å². The molecule has 0 saturated heterocycles. The van der Waals surface area contributed by atoms with Crippen LogP contribution in [0.5, 0.6) is 0 Å². The maximum Gasteiger partial charge on any atom is 0.332 e. The van der Waals surface area contributed by atoms with Crippen molar-refractivity contribution < 1.29 is 0 Å². The van der Waals surface area contributed by atoms with Gasteiger partial charge in [0.15, 0.2) is 0 Å². The summed E-state index contributed by atoms with van der Waals surface area (Å²) >= 11 is 5.60. The van der Waals surface area contributed by atoms with E-state index in [0.717, 1.165) is 4.57 Å². The van der Waals surface area contributed by atoms with Gasteiger partial charge < -0.3 is 5.32 Å². The van der Waals surface area contributed by atoms with E-state index in [2.05, 4.69) is 5.32 Å². The van der Waals surface area contributed by atoms with Crippen LogP contribution >= 0.6 is 11.6 Å². The molecule has 1 rings (SSSR count). The van der Waals surface area contributed by atoms with E-state index >= 15 is 0 Å². The number of anilines is 1. The molecule has 0 aliphatic rings. The zero-order valence-corrected chi connectivity index (χ0v) is 12.0. The lowest BCUT2D eigenvalue weighted by Gasteiger charge is -2.17. The highest BCUT2D eigenvalue weighted by atomic mass is 35.5. The summed E-state index contributed by atoms with van der Waals surface area (Å²) in [6.07, 6.45) is 0.700. The first-order valence-electron chi connectivity index (χ1n) is 5.95. The zero-order valence-electron chi connectivity index (χ0n) is 11.2. The normalized spacial score (nSPS) is 11.9. The number of nitrogens with zero attached hydrogens (tertiary/aromatic N) is 3. The lowest BCUT2D eigenvalue weighted by molar-refractivity contribution is 0.666. The van der Waals surface area contributed by atoms with E-state index in [1.54, 1.807) is 14.0 Å². The molecule has 7 heteroatoms. The van der Waals surface area contributed by atoms with Crippen LogP contribution in [0.2, 0.25) is 0 Å². The van der Waals surface area contributed by atoms with Crippen LogP contribution in [0.25, 0.3) is 0 Å². The van der Waals surface area contributed by atoms with E-state index in [1.807, 2.05) is 6.07 Å². The van der Waals surface area contributed by atoms with Crippen LogP contribution in [-0.2, 0) is 14.1 Å². The van der Waals surface area contributed by atoms with Gasteiger partial charge >= 0.3 is 5.69 Å². The minimum atomic E-state index is -0.594. The average Bonchev–Trinajstić information content (AvgIpc) is 2.41. The van der Waals surface area contributed by atoms with Crippen molar-refractivity contribution in [3.8, 4) is 6.07 Å². The van der Waals surface area contributed by atoms with Crippen molar-refractivity contribution in [3.63, 3.8) is 0 Å². The second-order valence-corrected chi connectivity index (χ2v) is 4.67. The van der Waals surface area contributed by atoms with Crippen molar-refractivity contribution in [2.45, 2.75) is 19.3 Å². The van der Waals surface area contributed by atoms with Crippen LogP contribution in [0.15, 0.2) is 9.59 Å². The Kier molecular flexibility index (Phi) is 5.19. The number of hydrogen-bond acceptors (Lipinski definition) is 4. The Hall–Kier alpha value is -1.74. The lowest BCUT2D eigenvalue weighted by Crippen LogP contribution is -2.41. The maximum absolute atomic E-state index is 12.1. The van der Waals surface area contributed by atoms with Gasteiger partial charge in [0.25, 0.3) is 5.56 Å². The molecule has 0 saturated carbocycles. The summed E-state index contributed by atoms with van der Waals surface area (Å²) in [5.74, 6) is 0.283. The number of nitriles is 1. The fraction of sp³-hybridized carbons (Fsp3) is 0.583. The first-order valence-corrected chi connectivity index (χ1v) is 6.48. The van der Waals surface area contributed by atoms with Crippen molar-refractivity contribution in [1.29, 1.82) is 5.26 Å². The third kappa shape index (κ3) is 2.99. The Morgan fingerprint density at radius 3 is 2.53 bits per heavy atom. The average molecular weight is 285 g/mol. The number of alkyl halides is 1. The van der Waals surface area contributed by atoms with Crippen LogP contribution in [0, 0.1) is 11.3 Å². The quantitative estimate of drug-likeness (QED) is 0.639. The highest BCUT2D eigenvalue weighted by Crippen LogP contribution is 2.18. The number of halogens is 1. The van der Waals surface area contributed by atoms with Crippen molar-refractivity contribution >= 4 is 17.4 Å². The Morgan fingerprint density at radius 2 is 2.00 bits per heavy atom. The largest absolute Gasteiger partial charge is 0.371 e. The Morgan fingerprint density at radius 1 is 1.37 bits per heavy atom. The zero-order chi connectivity index (χ0) is 14.6.